The summed E-state index contributed by atoms with van der Waals surface area (Å²) in [7, 11) is 0. The standard InChI is InChI=1S/C20H35N/c1-3-4-5-6-7-8-9-17-10-12-18(13-11-17)19-14-15-20(2,21)16-19/h10-12,18-19H,3-9,13-16,21H2,1-2H3/t18?,19-,20+/m0/s1. The van der Waals surface area contributed by atoms with Crippen LogP contribution < -0.4 is 5.73 Å². The van der Waals surface area contributed by atoms with Crippen molar-refractivity contribution < 1.29 is 0 Å². The Bertz CT molecular complexity index is 364. The van der Waals surface area contributed by atoms with Gasteiger partial charge < -0.3 is 5.73 Å². The van der Waals surface area contributed by atoms with Gasteiger partial charge in [0, 0.05) is 5.54 Å². The van der Waals surface area contributed by atoms with E-state index in [2.05, 4.69) is 32.1 Å². The quantitative estimate of drug-likeness (QED) is 0.565. The molecule has 3 atom stereocenters. The lowest BCUT2D eigenvalue weighted by Gasteiger charge is -2.24. The highest BCUT2D eigenvalue weighted by atomic mass is 14.7. The average Bonchev–Trinajstić information content (AvgIpc) is 2.84. The van der Waals surface area contributed by atoms with Gasteiger partial charge in [0.2, 0.25) is 0 Å². The summed E-state index contributed by atoms with van der Waals surface area (Å²) in [5.41, 5.74) is 7.96. The van der Waals surface area contributed by atoms with E-state index in [0.717, 1.165) is 11.8 Å². The number of nitrogens with two attached hydrogens (primary N) is 1. The van der Waals surface area contributed by atoms with Gasteiger partial charge in [-0.1, -0.05) is 62.8 Å². The van der Waals surface area contributed by atoms with Crippen LogP contribution in [0.4, 0.5) is 0 Å². The van der Waals surface area contributed by atoms with E-state index < -0.39 is 0 Å². The first kappa shape index (κ1) is 16.8. The summed E-state index contributed by atoms with van der Waals surface area (Å²) in [5.74, 6) is 1.58. The first-order valence-electron chi connectivity index (χ1n) is 9.27. The minimum absolute atomic E-state index is 0.0982. The predicted molar refractivity (Wildman–Crippen MR) is 93.3 cm³/mol. The third kappa shape index (κ3) is 5.62. The fraction of sp³-hybridized carbons (Fsp3) is 0.800. The van der Waals surface area contributed by atoms with Crippen molar-refractivity contribution >= 4 is 0 Å². The molecule has 120 valence electrons. The SMILES string of the molecule is CCCCCCCCC1=CCC([C@H]2CC[C@@](C)(N)C2)C=C1. The van der Waals surface area contributed by atoms with Gasteiger partial charge in [0.15, 0.2) is 0 Å². The molecule has 0 aliphatic heterocycles. The Morgan fingerprint density at radius 2 is 1.95 bits per heavy atom. The van der Waals surface area contributed by atoms with Crippen LogP contribution in [-0.4, -0.2) is 5.54 Å². The molecule has 2 rings (SSSR count). The number of unbranched alkanes of at least 4 members (excludes halogenated alkanes) is 5. The van der Waals surface area contributed by atoms with Crippen molar-refractivity contribution in [2.24, 2.45) is 17.6 Å². The van der Waals surface area contributed by atoms with Gasteiger partial charge in [-0.05, 0) is 57.3 Å². The molecule has 1 saturated carbocycles. The smallest absolute Gasteiger partial charge is 0.0128 e. The third-order valence-corrected chi connectivity index (χ3v) is 5.45. The molecule has 0 aromatic heterocycles. The van der Waals surface area contributed by atoms with Crippen molar-refractivity contribution in [3.63, 3.8) is 0 Å². The van der Waals surface area contributed by atoms with Crippen LogP contribution in [0.15, 0.2) is 23.8 Å². The van der Waals surface area contributed by atoms with Gasteiger partial charge in [0.25, 0.3) is 0 Å². The van der Waals surface area contributed by atoms with Crippen molar-refractivity contribution in [2.45, 2.75) is 90.0 Å². The zero-order valence-electron chi connectivity index (χ0n) is 14.2. The van der Waals surface area contributed by atoms with Crippen molar-refractivity contribution in [2.75, 3.05) is 0 Å². The minimum atomic E-state index is 0.0982. The average molecular weight is 290 g/mol. The molecule has 0 spiro atoms. The number of hydrogen-bond donors (Lipinski definition) is 1. The fourth-order valence-corrected chi connectivity index (χ4v) is 4.01. The molecule has 0 amide bonds. The molecule has 2 aliphatic rings. The van der Waals surface area contributed by atoms with E-state index in [0.29, 0.717) is 0 Å². The Labute approximate surface area is 132 Å². The van der Waals surface area contributed by atoms with Crippen LogP contribution in [0, 0.1) is 11.8 Å². The van der Waals surface area contributed by atoms with E-state index in [1.807, 2.05) is 0 Å². The van der Waals surface area contributed by atoms with Crippen molar-refractivity contribution in [1.82, 2.24) is 0 Å². The van der Waals surface area contributed by atoms with E-state index in [9.17, 15) is 0 Å². The van der Waals surface area contributed by atoms with Gasteiger partial charge in [-0.25, -0.2) is 0 Å². The molecule has 0 saturated heterocycles. The van der Waals surface area contributed by atoms with E-state index >= 15 is 0 Å². The Morgan fingerprint density at radius 1 is 1.19 bits per heavy atom. The molecule has 1 nitrogen and oxygen atoms in total. The van der Waals surface area contributed by atoms with Crippen LogP contribution in [0.2, 0.25) is 0 Å². The molecule has 0 radical (unpaired) electrons. The van der Waals surface area contributed by atoms with Gasteiger partial charge in [-0.15, -0.1) is 0 Å². The maximum atomic E-state index is 6.28. The Balaban J connectivity index is 1.63. The topological polar surface area (TPSA) is 26.0 Å². The lowest BCUT2D eigenvalue weighted by atomic mass is 9.82. The third-order valence-electron chi connectivity index (χ3n) is 5.45. The van der Waals surface area contributed by atoms with Crippen molar-refractivity contribution in [3.05, 3.63) is 23.8 Å². The molecule has 1 unspecified atom stereocenters. The first-order valence-corrected chi connectivity index (χ1v) is 9.27. The molecule has 1 heteroatoms. The molecule has 2 N–H and O–H groups in total. The predicted octanol–water partition coefficient (Wildman–Crippen LogP) is 5.76. The summed E-state index contributed by atoms with van der Waals surface area (Å²) >= 11 is 0. The Morgan fingerprint density at radius 3 is 2.57 bits per heavy atom. The zero-order chi connectivity index (χ0) is 15.1. The maximum Gasteiger partial charge on any atom is 0.0128 e. The van der Waals surface area contributed by atoms with Crippen LogP contribution >= 0.6 is 0 Å². The number of allylic oxidation sites excluding steroid dienone is 4. The fourth-order valence-electron chi connectivity index (χ4n) is 4.01. The Hall–Kier alpha value is -0.560. The second-order valence-corrected chi connectivity index (χ2v) is 7.71. The highest BCUT2D eigenvalue weighted by Gasteiger charge is 2.35. The van der Waals surface area contributed by atoms with E-state index in [1.54, 1.807) is 5.57 Å². The van der Waals surface area contributed by atoms with Gasteiger partial charge in [0.1, 0.15) is 0 Å². The highest BCUT2D eigenvalue weighted by molar-refractivity contribution is 5.24. The maximum absolute atomic E-state index is 6.28. The molecule has 1 fully saturated rings. The number of rotatable bonds is 8. The highest BCUT2D eigenvalue weighted by Crippen LogP contribution is 2.40. The summed E-state index contributed by atoms with van der Waals surface area (Å²) in [4.78, 5) is 0. The van der Waals surface area contributed by atoms with Crippen molar-refractivity contribution in [3.8, 4) is 0 Å². The molecule has 2 aliphatic carbocycles. The van der Waals surface area contributed by atoms with Crippen LogP contribution in [0.1, 0.15) is 84.5 Å². The van der Waals surface area contributed by atoms with E-state index in [1.165, 1.54) is 70.6 Å². The lowest BCUT2D eigenvalue weighted by molar-refractivity contribution is 0.374. The molecule has 0 aromatic carbocycles. The van der Waals surface area contributed by atoms with Crippen molar-refractivity contribution in [1.29, 1.82) is 0 Å². The second-order valence-electron chi connectivity index (χ2n) is 7.71. The van der Waals surface area contributed by atoms with Gasteiger partial charge >= 0.3 is 0 Å². The molecular weight excluding hydrogens is 254 g/mol. The normalized spacial score (nSPS) is 32.4. The summed E-state index contributed by atoms with van der Waals surface area (Å²) < 4.78 is 0. The van der Waals surface area contributed by atoms with Gasteiger partial charge in [-0.2, -0.15) is 0 Å². The summed E-state index contributed by atoms with van der Waals surface area (Å²) in [6.07, 6.45) is 22.0. The first-order chi connectivity index (χ1) is 10.1. The molecule has 0 heterocycles. The van der Waals surface area contributed by atoms with Crippen LogP contribution in [0.3, 0.4) is 0 Å². The minimum Gasteiger partial charge on any atom is -0.325 e. The molecular formula is C20H35N. The Kier molecular flexibility index (Phi) is 6.54. The number of hydrogen-bond acceptors (Lipinski definition) is 1. The lowest BCUT2D eigenvalue weighted by Crippen LogP contribution is -2.32. The second kappa shape index (κ2) is 8.17. The molecule has 0 bridgehead atoms. The monoisotopic (exact) mass is 289 g/mol. The van der Waals surface area contributed by atoms with Gasteiger partial charge in [-0.3, -0.25) is 0 Å². The molecule has 21 heavy (non-hydrogen) atoms. The van der Waals surface area contributed by atoms with E-state index in [4.69, 9.17) is 5.73 Å². The van der Waals surface area contributed by atoms with Gasteiger partial charge in [0.05, 0.1) is 0 Å². The molecule has 0 aromatic rings. The van der Waals surface area contributed by atoms with Crippen LogP contribution in [-0.2, 0) is 0 Å². The van der Waals surface area contributed by atoms with Crippen LogP contribution in [0.5, 0.6) is 0 Å². The summed E-state index contributed by atoms with van der Waals surface area (Å²) in [6, 6.07) is 0. The largest absolute Gasteiger partial charge is 0.325 e. The summed E-state index contributed by atoms with van der Waals surface area (Å²) in [5, 5.41) is 0. The van der Waals surface area contributed by atoms with Crippen LogP contribution in [0.25, 0.3) is 0 Å². The van der Waals surface area contributed by atoms with E-state index in [-0.39, 0.29) is 5.54 Å². The zero-order valence-corrected chi connectivity index (χ0v) is 14.2. The summed E-state index contributed by atoms with van der Waals surface area (Å²) in [6.45, 7) is 4.50.